The third-order valence-electron chi connectivity index (χ3n) is 1.66. The summed E-state index contributed by atoms with van der Waals surface area (Å²) < 4.78 is 6.52. The van der Waals surface area contributed by atoms with Crippen LogP contribution < -0.4 is 11.2 Å². The normalized spacial score (nSPS) is 12.8. The second-order valence-corrected chi connectivity index (χ2v) is 3.33. The lowest BCUT2D eigenvalue weighted by Crippen LogP contribution is -2.32. The van der Waals surface area contributed by atoms with E-state index in [4.69, 9.17) is 4.74 Å². The summed E-state index contributed by atoms with van der Waals surface area (Å²) in [6, 6.07) is 0. The van der Waals surface area contributed by atoms with Gasteiger partial charge >= 0.3 is 5.69 Å². The second-order valence-electron chi connectivity index (χ2n) is 2.48. The molecule has 0 spiro atoms. The lowest BCUT2D eigenvalue weighted by molar-refractivity contribution is 0.0561. The van der Waals surface area contributed by atoms with Gasteiger partial charge in [0.1, 0.15) is 6.23 Å². The molecule has 0 aliphatic heterocycles. The number of hydrogen-bond acceptors (Lipinski definition) is 3. The molecule has 1 aromatic rings. The van der Waals surface area contributed by atoms with Crippen molar-refractivity contribution in [2.24, 2.45) is 0 Å². The average Bonchev–Trinajstić information content (AvgIpc) is 2.10. The van der Waals surface area contributed by atoms with Crippen LogP contribution in [0.5, 0.6) is 0 Å². The third-order valence-corrected chi connectivity index (χ3v) is 2.22. The van der Waals surface area contributed by atoms with Crippen LogP contribution in [0.25, 0.3) is 0 Å². The van der Waals surface area contributed by atoms with Crippen molar-refractivity contribution in [3.8, 4) is 0 Å². The first-order valence-electron chi connectivity index (χ1n) is 3.60. The SMILES string of the molecule is CO[C@@H](C)n1cc(Br)c(=O)[nH]c1=O. The molecule has 1 atom stereocenters. The molecule has 0 aromatic carbocycles. The minimum Gasteiger partial charge on any atom is -0.361 e. The molecule has 0 radical (unpaired) electrons. The maximum atomic E-state index is 11.2. The molecule has 0 bridgehead atoms. The fourth-order valence-electron chi connectivity index (χ4n) is 0.844. The summed E-state index contributed by atoms with van der Waals surface area (Å²) in [6.07, 6.45) is 0.996. The van der Waals surface area contributed by atoms with E-state index in [-0.39, 0.29) is 0 Å². The molecular formula is C7H9BrN2O3. The largest absolute Gasteiger partial charge is 0.361 e. The first-order valence-corrected chi connectivity index (χ1v) is 4.39. The summed E-state index contributed by atoms with van der Waals surface area (Å²) in [4.78, 5) is 24.3. The maximum absolute atomic E-state index is 11.2. The molecule has 72 valence electrons. The van der Waals surface area contributed by atoms with E-state index in [0.717, 1.165) is 0 Å². The summed E-state index contributed by atoms with van der Waals surface area (Å²) >= 11 is 3.02. The second kappa shape index (κ2) is 3.89. The number of ether oxygens (including phenoxy) is 1. The van der Waals surface area contributed by atoms with Crippen molar-refractivity contribution in [3.05, 3.63) is 31.5 Å². The maximum Gasteiger partial charge on any atom is 0.330 e. The Morgan fingerprint density at radius 1 is 1.62 bits per heavy atom. The van der Waals surface area contributed by atoms with Crippen molar-refractivity contribution in [3.63, 3.8) is 0 Å². The Hall–Kier alpha value is -0.880. The number of aromatic nitrogens is 2. The molecule has 1 rings (SSSR count). The molecule has 5 nitrogen and oxygen atoms in total. The van der Waals surface area contributed by atoms with Gasteiger partial charge in [-0.3, -0.25) is 14.3 Å². The van der Waals surface area contributed by atoms with Crippen LogP contribution in [0.15, 0.2) is 20.3 Å². The molecule has 0 saturated carbocycles. The lowest BCUT2D eigenvalue weighted by Gasteiger charge is -2.11. The van der Waals surface area contributed by atoms with Crippen LogP contribution >= 0.6 is 15.9 Å². The fourth-order valence-corrected chi connectivity index (χ4v) is 1.16. The van der Waals surface area contributed by atoms with Gasteiger partial charge in [0.25, 0.3) is 5.56 Å². The minimum absolute atomic E-state index is 0.302. The molecule has 0 amide bonds. The number of methoxy groups -OCH3 is 1. The molecular weight excluding hydrogens is 240 g/mol. The summed E-state index contributed by atoms with van der Waals surface area (Å²) in [7, 11) is 1.48. The van der Waals surface area contributed by atoms with Crippen molar-refractivity contribution in [2.45, 2.75) is 13.2 Å². The van der Waals surface area contributed by atoms with E-state index < -0.39 is 17.5 Å². The van der Waals surface area contributed by atoms with Crippen LogP contribution in [0.2, 0.25) is 0 Å². The smallest absolute Gasteiger partial charge is 0.330 e. The quantitative estimate of drug-likeness (QED) is 0.828. The van der Waals surface area contributed by atoms with Crippen molar-refractivity contribution in [2.75, 3.05) is 7.11 Å². The van der Waals surface area contributed by atoms with Gasteiger partial charge in [0.2, 0.25) is 0 Å². The van der Waals surface area contributed by atoms with Crippen LogP contribution in [-0.2, 0) is 4.74 Å². The van der Waals surface area contributed by atoms with E-state index in [9.17, 15) is 9.59 Å². The molecule has 0 saturated heterocycles. The Balaban J connectivity index is 3.32. The highest BCUT2D eigenvalue weighted by Crippen LogP contribution is 2.04. The van der Waals surface area contributed by atoms with Crippen molar-refractivity contribution >= 4 is 15.9 Å². The monoisotopic (exact) mass is 248 g/mol. The molecule has 0 aliphatic rings. The molecule has 1 aromatic heterocycles. The van der Waals surface area contributed by atoms with Gasteiger partial charge in [0.05, 0.1) is 4.47 Å². The summed E-state index contributed by atoms with van der Waals surface area (Å²) in [5.74, 6) is 0. The molecule has 6 heteroatoms. The van der Waals surface area contributed by atoms with Crippen LogP contribution in [0.4, 0.5) is 0 Å². The topological polar surface area (TPSA) is 64.1 Å². The van der Waals surface area contributed by atoms with Gasteiger partial charge in [-0.05, 0) is 22.9 Å². The van der Waals surface area contributed by atoms with Gasteiger partial charge in [-0.25, -0.2) is 4.79 Å². The van der Waals surface area contributed by atoms with E-state index in [1.807, 2.05) is 0 Å². The van der Waals surface area contributed by atoms with Crippen LogP contribution in [-0.4, -0.2) is 16.7 Å². The van der Waals surface area contributed by atoms with E-state index in [2.05, 4.69) is 20.9 Å². The Labute approximate surface area is 82.5 Å². The van der Waals surface area contributed by atoms with Crippen LogP contribution in [0.3, 0.4) is 0 Å². The predicted molar refractivity (Wildman–Crippen MR) is 50.7 cm³/mol. The predicted octanol–water partition coefficient (Wildman–Crippen LogP) is 0.464. The van der Waals surface area contributed by atoms with Gasteiger partial charge in [-0.2, -0.15) is 0 Å². The fraction of sp³-hybridized carbons (Fsp3) is 0.429. The van der Waals surface area contributed by atoms with Gasteiger partial charge in [-0.15, -0.1) is 0 Å². The number of aromatic amines is 1. The summed E-state index contributed by atoms with van der Waals surface area (Å²) in [5, 5.41) is 0. The Morgan fingerprint density at radius 3 is 2.77 bits per heavy atom. The van der Waals surface area contributed by atoms with Gasteiger partial charge < -0.3 is 4.74 Å². The average molecular weight is 249 g/mol. The van der Waals surface area contributed by atoms with Gasteiger partial charge in [0.15, 0.2) is 0 Å². The summed E-state index contributed by atoms with van der Waals surface area (Å²) in [6.45, 7) is 1.70. The minimum atomic E-state index is -0.484. The number of halogens is 1. The zero-order valence-electron chi connectivity index (χ0n) is 7.20. The van der Waals surface area contributed by atoms with Crippen molar-refractivity contribution in [1.29, 1.82) is 0 Å². The summed E-state index contributed by atoms with van der Waals surface area (Å²) in [5.41, 5.74) is -0.924. The van der Waals surface area contributed by atoms with E-state index in [0.29, 0.717) is 4.47 Å². The van der Waals surface area contributed by atoms with E-state index >= 15 is 0 Å². The highest BCUT2D eigenvalue weighted by molar-refractivity contribution is 9.10. The number of nitrogens with zero attached hydrogens (tertiary/aromatic N) is 1. The van der Waals surface area contributed by atoms with Crippen molar-refractivity contribution < 1.29 is 4.74 Å². The van der Waals surface area contributed by atoms with Gasteiger partial charge in [-0.1, -0.05) is 0 Å². The highest BCUT2D eigenvalue weighted by atomic mass is 79.9. The molecule has 1 N–H and O–H groups in total. The molecule has 13 heavy (non-hydrogen) atoms. The molecule has 0 unspecified atom stereocenters. The Morgan fingerprint density at radius 2 is 2.23 bits per heavy atom. The first-order chi connectivity index (χ1) is 6.06. The Kier molecular flexibility index (Phi) is 3.05. The number of H-pyrrole nitrogens is 1. The Bertz CT molecular complexity index is 409. The molecule has 0 fully saturated rings. The van der Waals surface area contributed by atoms with Gasteiger partial charge in [0, 0.05) is 13.3 Å². The first kappa shape index (κ1) is 10.2. The number of rotatable bonds is 2. The van der Waals surface area contributed by atoms with E-state index in [1.54, 1.807) is 6.92 Å². The molecule has 0 aliphatic carbocycles. The molecule has 1 heterocycles. The number of nitrogens with one attached hydrogen (secondary N) is 1. The van der Waals surface area contributed by atoms with Crippen molar-refractivity contribution in [1.82, 2.24) is 9.55 Å². The zero-order valence-corrected chi connectivity index (χ0v) is 8.79. The third kappa shape index (κ3) is 2.07. The van der Waals surface area contributed by atoms with Crippen LogP contribution in [0.1, 0.15) is 13.2 Å². The lowest BCUT2D eigenvalue weighted by atomic mass is 10.5. The van der Waals surface area contributed by atoms with E-state index in [1.165, 1.54) is 17.9 Å². The van der Waals surface area contributed by atoms with Crippen LogP contribution in [0, 0.1) is 0 Å². The number of hydrogen-bond donors (Lipinski definition) is 1. The zero-order chi connectivity index (χ0) is 10.0. The standard InChI is InChI=1S/C7H9BrN2O3/c1-4(13-2)10-3-5(8)6(11)9-7(10)12/h3-4H,1-2H3,(H,9,11,12)/t4-/m0/s1. The highest BCUT2D eigenvalue weighted by Gasteiger charge is 2.07.